The number of anilines is 1. The van der Waals surface area contributed by atoms with Gasteiger partial charge in [-0.25, -0.2) is 4.98 Å². The number of nitrogens with zero attached hydrogens (tertiary/aromatic N) is 2. The molecule has 1 aliphatic heterocycles. The van der Waals surface area contributed by atoms with E-state index < -0.39 is 0 Å². The molecule has 3 aromatic rings. The van der Waals surface area contributed by atoms with Crippen molar-refractivity contribution >= 4 is 44.1 Å². The lowest BCUT2D eigenvalue weighted by atomic mass is 9.99. The first-order chi connectivity index (χ1) is 11.1. The van der Waals surface area contributed by atoms with E-state index in [0.29, 0.717) is 15.9 Å². The maximum atomic E-state index is 12.0. The Kier molecular flexibility index (Phi) is 3.62. The van der Waals surface area contributed by atoms with Crippen LogP contribution in [-0.4, -0.2) is 16.5 Å². The number of rotatable bonds is 1. The van der Waals surface area contributed by atoms with Crippen LogP contribution in [0.1, 0.15) is 11.1 Å². The van der Waals surface area contributed by atoms with Crippen LogP contribution >= 0.6 is 27.5 Å². The second kappa shape index (κ2) is 5.65. The molecule has 0 amide bonds. The van der Waals surface area contributed by atoms with Gasteiger partial charge in [-0.1, -0.05) is 33.6 Å². The van der Waals surface area contributed by atoms with Gasteiger partial charge in [0.15, 0.2) is 0 Å². The van der Waals surface area contributed by atoms with Gasteiger partial charge < -0.3 is 9.88 Å². The molecule has 1 aromatic heterocycles. The average molecular weight is 391 g/mol. The zero-order valence-corrected chi connectivity index (χ0v) is 14.5. The van der Waals surface area contributed by atoms with Crippen molar-refractivity contribution in [3.8, 4) is 0 Å². The fourth-order valence-electron chi connectivity index (χ4n) is 3.05. The number of halogens is 2. The smallest absolute Gasteiger partial charge is 0.258 e. The molecule has 6 heteroatoms. The van der Waals surface area contributed by atoms with E-state index in [1.165, 1.54) is 17.5 Å². The van der Waals surface area contributed by atoms with Crippen molar-refractivity contribution < 1.29 is 0 Å². The fourth-order valence-corrected chi connectivity index (χ4v) is 3.74. The van der Waals surface area contributed by atoms with Crippen LogP contribution in [0.15, 0.2) is 45.9 Å². The summed E-state index contributed by atoms with van der Waals surface area (Å²) in [5, 5.41) is 1.18. The van der Waals surface area contributed by atoms with Gasteiger partial charge in [-0.2, -0.15) is 0 Å². The van der Waals surface area contributed by atoms with E-state index in [1.807, 2.05) is 6.07 Å². The Balaban J connectivity index is 1.79. The molecule has 23 heavy (non-hydrogen) atoms. The highest BCUT2D eigenvalue weighted by molar-refractivity contribution is 9.10. The van der Waals surface area contributed by atoms with Crippen LogP contribution < -0.4 is 10.5 Å². The second-order valence-electron chi connectivity index (χ2n) is 5.64. The van der Waals surface area contributed by atoms with E-state index in [0.717, 1.165) is 29.7 Å². The van der Waals surface area contributed by atoms with Crippen LogP contribution in [0.5, 0.6) is 0 Å². The number of hydrogen-bond acceptors (Lipinski definition) is 3. The Morgan fingerprint density at radius 1 is 1.22 bits per heavy atom. The molecular weight excluding hydrogens is 378 g/mol. The van der Waals surface area contributed by atoms with Gasteiger partial charge in [-0.3, -0.25) is 4.79 Å². The zero-order valence-electron chi connectivity index (χ0n) is 12.1. The number of hydrogen-bond donors (Lipinski definition) is 1. The minimum Gasteiger partial charge on any atom is -0.366 e. The zero-order chi connectivity index (χ0) is 16.0. The quantitative estimate of drug-likeness (QED) is 0.685. The van der Waals surface area contributed by atoms with Crippen LogP contribution in [0.2, 0.25) is 5.02 Å². The summed E-state index contributed by atoms with van der Waals surface area (Å²) in [6, 6.07) is 9.98. The SMILES string of the molecule is O=c1[nH]cnc2cc(Cl)c(N3CCc4ccc(Br)cc4C3)cc12. The third-order valence-electron chi connectivity index (χ3n) is 4.23. The van der Waals surface area contributed by atoms with Crippen LogP contribution in [0, 0.1) is 0 Å². The van der Waals surface area contributed by atoms with Crippen molar-refractivity contribution in [1.29, 1.82) is 0 Å². The molecule has 0 saturated carbocycles. The molecular formula is C17H13BrClN3O. The molecule has 2 heterocycles. The number of aromatic amines is 1. The molecule has 0 unspecified atom stereocenters. The standard InChI is InChI=1S/C17H13BrClN3O/c18-12-2-1-10-3-4-22(8-11(10)5-12)16-6-13-15(7-14(16)19)20-9-21-17(13)23/h1-2,5-7,9H,3-4,8H2,(H,20,21,23). The van der Waals surface area contributed by atoms with E-state index in [9.17, 15) is 4.79 Å². The minimum absolute atomic E-state index is 0.145. The fraction of sp³-hybridized carbons (Fsp3) is 0.176. The first kappa shape index (κ1) is 14.7. The second-order valence-corrected chi connectivity index (χ2v) is 6.96. The summed E-state index contributed by atoms with van der Waals surface area (Å²) < 4.78 is 1.07. The predicted octanol–water partition coefficient (Wildman–Crippen LogP) is 3.90. The summed E-state index contributed by atoms with van der Waals surface area (Å²) in [6.45, 7) is 1.65. The molecule has 116 valence electrons. The van der Waals surface area contributed by atoms with Crippen LogP contribution in [0.3, 0.4) is 0 Å². The van der Waals surface area contributed by atoms with Gasteiger partial charge >= 0.3 is 0 Å². The van der Waals surface area contributed by atoms with Crippen molar-refractivity contribution in [2.45, 2.75) is 13.0 Å². The topological polar surface area (TPSA) is 49.0 Å². The number of fused-ring (bicyclic) bond motifs is 2. The van der Waals surface area contributed by atoms with Gasteiger partial charge in [-0.05, 0) is 41.8 Å². The first-order valence-electron chi connectivity index (χ1n) is 7.31. The highest BCUT2D eigenvalue weighted by atomic mass is 79.9. The predicted molar refractivity (Wildman–Crippen MR) is 96.3 cm³/mol. The normalized spacial score (nSPS) is 14.1. The lowest BCUT2D eigenvalue weighted by molar-refractivity contribution is 0.731. The van der Waals surface area contributed by atoms with Crippen molar-refractivity contribution in [2.75, 3.05) is 11.4 Å². The van der Waals surface area contributed by atoms with Crippen LogP contribution in [0.4, 0.5) is 5.69 Å². The lowest BCUT2D eigenvalue weighted by Gasteiger charge is -2.31. The van der Waals surface area contributed by atoms with Crippen LogP contribution in [-0.2, 0) is 13.0 Å². The summed E-state index contributed by atoms with van der Waals surface area (Å²) in [5.41, 5.74) is 3.99. The van der Waals surface area contributed by atoms with Gasteiger partial charge in [0.25, 0.3) is 5.56 Å². The van der Waals surface area contributed by atoms with E-state index >= 15 is 0 Å². The van der Waals surface area contributed by atoms with E-state index in [-0.39, 0.29) is 5.56 Å². The monoisotopic (exact) mass is 389 g/mol. The molecule has 4 nitrogen and oxygen atoms in total. The third kappa shape index (κ3) is 2.64. The third-order valence-corrected chi connectivity index (χ3v) is 5.03. The molecule has 0 fully saturated rings. The summed E-state index contributed by atoms with van der Waals surface area (Å²) in [6.07, 6.45) is 2.36. The van der Waals surface area contributed by atoms with Crippen LogP contribution in [0.25, 0.3) is 10.9 Å². The van der Waals surface area contributed by atoms with E-state index in [4.69, 9.17) is 11.6 Å². The van der Waals surface area contributed by atoms with Crippen molar-refractivity contribution in [3.05, 3.63) is 67.6 Å². The Labute approximate surface area is 146 Å². The molecule has 0 atom stereocenters. The maximum absolute atomic E-state index is 12.0. The highest BCUT2D eigenvalue weighted by Gasteiger charge is 2.19. The Hall–Kier alpha value is -1.85. The Bertz CT molecular complexity index is 970. The molecule has 0 bridgehead atoms. The maximum Gasteiger partial charge on any atom is 0.258 e. The lowest BCUT2D eigenvalue weighted by Crippen LogP contribution is -2.30. The van der Waals surface area contributed by atoms with Crippen molar-refractivity contribution in [2.24, 2.45) is 0 Å². The van der Waals surface area contributed by atoms with E-state index in [1.54, 1.807) is 6.07 Å². The largest absolute Gasteiger partial charge is 0.366 e. The minimum atomic E-state index is -0.145. The Morgan fingerprint density at radius 3 is 2.96 bits per heavy atom. The van der Waals surface area contributed by atoms with Gasteiger partial charge in [0, 0.05) is 17.6 Å². The molecule has 0 saturated heterocycles. The molecule has 1 aliphatic rings. The van der Waals surface area contributed by atoms with Crippen molar-refractivity contribution in [1.82, 2.24) is 9.97 Å². The van der Waals surface area contributed by atoms with Crippen molar-refractivity contribution in [3.63, 3.8) is 0 Å². The highest BCUT2D eigenvalue weighted by Crippen LogP contribution is 2.33. The molecule has 2 aromatic carbocycles. The molecule has 1 N–H and O–H groups in total. The molecule has 0 radical (unpaired) electrons. The molecule has 0 aliphatic carbocycles. The molecule has 4 rings (SSSR count). The van der Waals surface area contributed by atoms with Gasteiger partial charge in [-0.15, -0.1) is 0 Å². The number of aromatic nitrogens is 2. The Morgan fingerprint density at radius 2 is 2.09 bits per heavy atom. The summed E-state index contributed by atoms with van der Waals surface area (Å²) in [5.74, 6) is 0. The summed E-state index contributed by atoms with van der Waals surface area (Å²) in [4.78, 5) is 21.0. The number of benzene rings is 2. The average Bonchev–Trinajstić information content (AvgIpc) is 2.54. The summed E-state index contributed by atoms with van der Waals surface area (Å²) >= 11 is 9.97. The van der Waals surface area contributed by atoms with Gasteiger partial charge in [0.2, 0.25) is 0 Å². The van der Waals surface area contributed by atoms with Gasteiger partial charge in [0.05, 0.1) is 27.9 Å². The van der Waals surface area contributed by atoms with E-state index in [2.05, 4.69) is 49.0 Å². The molecule has 0 spiro atoms. The summed E-state index contributed by atoms with van der Waals surface area (Å²) in [7, 11) is 0. The van der Waals surface area contributed by atoms with Gasteiger partial charge in [0.1, 0.15) is 0 Å². The number of nitrogens with one attached hydrogen (secondary N) is 1. The first-order valence-corrected chi connectivity index (χ1v) is 8.48. The number of H-pyrrole nitrogens is 1.